The minimum absolute atomic E-state index is 0.0219. The molecule has 2 spiro atoms. The van der Waals surface area contributed by atoms with Crippen LogP contribution in [-0.2, 0) is 23.3 Å². The number of ketones is 1. The van der Waals surface area contributed by atoms with Crippen LogP contribution in [0.2, 0.25) is 0 Å². The van der Waals surface area contributed by atoms with Gasteiger partial charge < -0.3 is 15.0 Å². The standard InChI is InChI=1S/C35H31N3O3/c1-37(2)25-17-15-22(16-18-25)31-29-19-23-9-3-4-10-24(23)20-38(29)35(27-12-6-7-13-28(27)36-33(35)40)34(31)21-41-30-14-8-5-11-26(30)32(34)39/h3-18,29,31H,19-21H2,1-2H3,(H,36,40)/t29-,31-,34-,35-/m0/s1. The highest BCUT2D eigenvalue weighted by atomic mass is 16.5. The summed E-state index contributed by atoms with van der Waals surface area (Å²) in [5, 5.41) is 3.20. The second-order valence-electron chi connectivity index (χ2n) is 11.9. The average Bonchev–Trinajstić information content (AvgIpc) is 3.44. The van der Waals surface area contributed by atoms with E-state index in [0.717, 1.165) is 28.9 Å². The maximum absolute atomic E-state index is 15.2. The number of para-hydroxylation sites is 2. The fourth-order valence-corrected chi connectivity index (χ4v) is 8.26. The Kier molecular flexibility index (Phi) is 5.08. The molecule has 0 unspecified atom stereocenters. The zero-order chi connectivity index (χ0) is 27.9. The second kappa shape index (κ2) is 8.54. The van der Waals surface area contributed by atoms with Crippen LogP contribution in [0.15, 0.2) is 97.1 Å². The van der Waals surface area contributed by atoms with Gasteiger partial charge in [-0.1, -0.05) is 66.7 Å². The van der Waals surface area contributed by atoms with Crippen molar-refractivity contribution in [1.82, 2.24) is 4.90 Å². The highest BCUT2D eigenvalue weighted by Crippen LogP contribution is 2.68. The lowest BCUT2D eigenvalue weighted by atomic mass is 9.56. The fraction of sp³-hybridized carbons (Fsp3) is 0.257. The summed E-state index contributed by atoms with van der Waals surface area (Å²) in [4.78, 5) is 34.4. The molecule has 4 atom stereocenters. The van der Waals surface area contributed by atoms with Gasteiger partial charge in [0.1, 0.15) is 23.3 Å². The molecule has 41 heavy (non-hydrogen) atoms. The van der Waals surface area contributed by atoms with Gasteiger partial charge in [-0.25, -0.2) is 0 Å². The molecule has 6 nitrogen and oxygen atoms in total. The van der Waals surface area contributed by atoms with E-state index in [9.17, 15) is 4.79 Å². The van der Waals surface area contributed by atoms with E-state index in [0.29, 0.717) is 17.9 Å². The second-order valence-corrected chi connectivity index (χ2v) is 11.9. The van der Waals surface area contributed by atoms with Crippen LogP contribution < -0.4 is 15.0 Å². The molecular weight excluding hydrogens is 510 g/mol. The van der Waals surface area contributed by atoms with Crippen LogP contribution in [0.5, 0.6) is 5.75 Å². The first-order valence-electron chi connectivity index (χ1n) is 14.3. The molecule has 4 aromatic carbocycles. The Balaban J connectivity index is 1.46. The summed E-state index contributed by atoms with van der Waals surface area (Å²) in [6, 6.07) is 32.3. The lowest BCUT2D eigenvalue weighted by Crippen LogP contribution is -2.63. The van der Waals surface area contributed by atoms with Crippen molar-refractivity contribution in [2.75, 3.05) is 30.9 Å². The van der Waals surface area contributed by atoms with Gasteiger partial charge in [-0.05, 0) is 53.4 Å². The van der Waals surface area contributed by atoms with Crippen LogP contribution in [-0.4, -0.2) is 43.3 Å². The summed E-state index contributed by atoms with van der Waals surface area (Å²) in [6.07, 6.45) is 0.740. The van der Waals surface area contributed by atoms with Gasteiger partial charge in [0.2, 0.25) is 0 Å². The van der Waals surface area contributed by atoms with Crippen LogP contribution >= 0.6 is 0 Å². The Bertz CT molecular complexity index is 1730. The number of amides is 1. The van der Waals surface area contributed by atoms with Crippen molar-refractivity contribution in [2.24, 2.45) is 5.41 Å². The summed E-state index contributed by atoms with van der Waals surface area (Å²) in [5.74, 6) is 0.128. The van der Waals surface area contributed by atoms with Gasteiger partial charge in [0.05, 0.1) is 5.56 Å². The first-order chi connectivity index (χ1) is 20.0. The van der Waals surface area contributed by atoms with E-state index in [1.807, 2.05) is 62.6 Å². The van der Waals surface area contributed by atoms with Gasteiger partial charge in [-0.3, -0.25) is 14.5 Å². The smallest absolute Gasteiger partial charge is 0.250 e. The Morgan fingerprint density at radius 3 is 2.37 bits per heavy atom. The lowest BCUT2D eigenvalue weighted by molar-refractivity contribution is -0.134. The number of nitrogens with one attached hydrogen (secondary N) is 1. The van der Waals surface area contributed by atoms with Crippen molar-refractivity contribution in [3.63, 3.8) is 0 Å². The Morgan fingerprint density at radius 2 is 1.56 bits per heavy atom. The molecule has 4 aliphatic heterocycles. The molecule has 0 saturated carbocycles. The SMILES string of the molecule is CN(C)c1ccc([C@H]2[C@@H]3Cc4ccccc4CN3[C@@]3(C(=O)Nc4ccccc43)[C@@]23COc2ccccc2C3=O)cc1. The maximum Gasteiger partial charge on any atom is 0.250 e. The number of ether oxygens (including phenoxy) is 1. The molecule has 4 heterocycles. The number of benzene rings is 4. The molecule has 1 N–H and O–H groups in total. The molecule has 204 valence electrons. The molecule has 6 heteroatoms. The zero-order valence-corrected chi connectivity index (χ0v) is 23.1. The van der Waals surface area contributed by atoms with E-state index >= 15 is 4.79 Å². The number of hydrogen-bond donors (Lipinski definition) is 1. The topological polar surface area (TPSA) is 61.9 Å². The van der Waals surface area contributed by atoms with Gasteiger partial charge in [0.25, 0.3) is 5.91 Å². The van der Waals surface area contributed by atoms with Crippen LogP contribution in [0.25, 0.3) is 0 Å². The van der Waals surface area contributed by atoms with E-state index in [1.54, 1.807) is 0 Å². The number of carbonyl (C=O) groups excluding carboxylic acids is 2. The molecule has 1 amide bonds. The highest BCUT2D eigenvalue weighted by Gasteiger charge is 2.78. The summed E-state index contributed by atoms with van der Waals surface area (Å²) in [5.41, 5.74) is 4.35. The van der Waals surface area contributed by atoms with Gasteiger partial charge in [0.15, 0.2) is 5.78 Å². The van der Waals surface area contributed by atoms with Crippen molar-refractivity contribution < 1.29 is 14.3 Å². The number of carbonyl (C=O) groups is 2. The monoisotopic (exact) mass is 541 g/mol. The maximum atomic E-state index is 15.2. The molecule has 4 aromatic rings. The highest BCUT2D eigenvalue weighted by molar-refractivity contribution is 6.15. The van der Waals surface area contributed by atoms with Crippen molar-refractivity contribution in [2.45, 2.75) is 30.5 Å². The van der Waals surface area contributed by atoms with E-state index in [4.69, 9.17) is 4.74 Å². The van der Waals surface area contributed by atoms with Crippen molar-refractivity contribution >= 4 is 23.1 Å². The summed E-state index contributed by atoms with van der Waals surface area (Å²) < 4.78 is 6.54. The molecule has 0 bridgehead atoms. The van der Waals surface area contributed by atoms with E-state index in [-0.39, 0.29) is 30.3 Å². The molecule has 4 aliphatic rings. The summed E-state index contributed by atoms with van der Waals surface area (Å²) >= 11 is 0. The molecule has 1 saturated heterocycles. The normalized spacial score (nSPS) is 27.6. The Morgan fingerprint density at radius 1 is 0.854 bits per heavy atom. The number of Topliss-reactive ketones (excluding diaryl/α,β-unsaturated/α-hetero) is 1. The minimum atomic E-state index is -1.24. The van der Waals surface area contributed by atoms with Crippen molar-refractivity contribution in [1.29, 1.82) is 0 Å². The number of anilines is 2. The molecular formula is C35H31N3O3. The van der Waals surface area contributed by atoms with E-state index in [2.05, 4.69) is 63.6 Å². The molecule has 0 radical (unpaired) electrons. The average molecular weight is 542 g/mol. The molecule has 0 aliphatic carbocycles. The molecule has 1 fully saturated rings. The van der Waals surface area contributed by atoms with Crippen molar-refractivity contribution in [3.05, 3.63) is 125 Å². The zero-order valence-electron chi connectivity index (χ0n) is 23.1. The Hall–Kier alpha value is -4.42. The largest absolute Gasteiger partial charge is 0.492 e. The van der Waals surface area contributed by atoms with E-state index in [1.165, 1.54) is 11.1 Å². The predicted octanol–water partition coefficient (Wildman–Crippen LogP) is 5.39. The number of rotatable bonds is 2. The van der Waals surface area contributed by atoms with Crippen molar-refractivity contribution in [3.8, 4) is 5.75 Å². The Labute approximate surface area is 239 Å². The minimum Gasteiger partial charge on any atom is -0.492 e. The van der Waals surface area contributed by atoms with Crippen LogP contribution in [0, 0.1) is 5.41 Å². The number of nitrogens with zero attached hydrogens (tertiary/aromatic N) is 2. The third kappa shape index (κ3) is 3.00. The summed E-state index contributed by atoms with van der Waals surface area (Å²) in [7, 11) is 4.05. The molecule has 8 rings (SSSR count). The fourth-order valence-electron chi connectivity index (χ4n) is 8.26. The molecule has 0 aromatic heterocycles. The van der Waals surface area contributed by atoms with Crippen LogP contribution in [0.4, 0.5) is 11.4 Å². The van der Waals surface area contributed by atoms with Crippen LogP contribution in [0.1, 0.15) is 38.5 Å². The van der Waals surface area contributed by atoms with Gasteiger partial charge in [0, 0.05) is 49.5 Å². The first-order valence-corrected chi connectivity index (χ1v) is 14.3. The van der Waals surface area contributed by atoms with E-state index < -0.39 is 11.0 Å². The third-order valence-electron chi connectivity index (χ3n) is 9.94. The summed E-state index contributed by atoms with van der Waals surface area (Å²) in [6.45, 7) is 0.694. The van der Waals surface area contributed by atoms with Gasteiger partial charge >= 0.3 is 0 Å². The first kappa shape index (κ1) is 24.4. The number of fused-ring (bicyclic) bond motifs is 7. The predicted molar refractivity (Wildman–Crippen MR) is 158 cm³/mol. The van der Waals surface area contributed by atoms with Gasteiger partial charge in [-0.15, -0.1) is 0 Å². The van der Waals surface area contributed by atoms with Gasteiger partial charge in [-0.2, -0.15) is 0 Å². The quantitative estimate of drug-likeness (QED) is 0.369. The van der Waals surface area contributed by atoms with Crippen LogP contribution in [0.3, 0.4) is 0 Å². The lowest BCUT2D eigenvalue weighted by Gasteiger charge is -2.48. The third-order valence-corrected chi connectivity index (χ3v) is 9.94. The number of hydrogen-bond acceptors (Lipinski definition) is 5.